The van der Waals surface area contributed by atoms with Gasteiger partial charge >= 0.3 is 0 Å². The Morgan fingerprint density at radius 3 is 3.09 bits per heavy atom. The monoisotopic (exact) mass is 170 g/mol. The van der Waals surface area contributed by atoms with E-state index >= 15 is 0 Å². The van der Waals surface area contributed by atoms with Crippen LogP contribution in [0.5, 0.6) is 0 Å². The maximum Gasteiger partial charge on any atom is 0.275 e. The predicted octanol–water partition coefficient (Wildman–Crippen LogP) is 1.00. The second-order valence-electron chi connectivity index (χ2n) is 1.96. The fourth-order valence-corrected chi connectivity index (χ4v) is 1.26. The molecule has 3 nitrogen and oxygen atoms in total. The van der Waals surface area contributed by atoms with Crippen molar-refractivity contribution in [3.8, 4) is 0 Å². The summed E-state index contributed by atoms with van der Waals surface area (Å²) < 4.78 is 0. The minimum atomic E-state index is -0.0677. The maximum absolute atomic E-state index is 11.1. The highest BCUT2D eigenvalue weighted by Gasteiger charge is 2.02. The minimum absolute atomic E-state index is 0.0677. The molecule has 1 heterocycles. The van der Waals surface area contributed by atoms with Crippen LogP contribution in [0.4, 0.5) is 0 Å². The van der Waals surface area contributed by atoms with Crippen LogP contribution in [0.15, 0.2) is 17.5 Å². The molecule has 0 spiro atoms. The van der Waals surface area contributed by atoms with Crippen molar-refractivity contribution in [1.82, 2.24) is 10.9 Å². The summed E-state index contributed by atoms with van der Waals surface area (Å²) in [5.74, 6) is -0.0677. The first kappa shape index (κ1) is 8.23. The third-order valence-corrected chi connectivity index (χ3v) is 1.99. The Morgan fingerprint density at radius 2 is 2.55 bits per heavy atom. The van der Waals surface area contributed by atoms with Gasteiger partial charge in [0.05, 0.1) is 4.88 Å². The molecule has 0 aliphatic carbocycles. The summed E-state index contributed by atoms with van der Waals surface area (Å²) >= 11 is 1.43. The number of carbonyl (C=O) groups excluding carboxylic acids is 1. The Balaban J connectivity index is 2.43. The molecule has 0 radical (unpaired) electrons. The van der Waals surface area contributed by atoms with E-state index in [0.29, 0.717) is 0 Å². The van der Waals surface area contributed by atoms with E-state index in [4.69, 9.17) is 0 Å². The van der Waals surface area contributed by atoms with E-state index in [1.807, 2.05) is 18.4 Å². The van der Waals surface area contributed by atoms with Gasteiger partial charge in [-0.2, -0.15) is 0 Å². The number of hydrogen-bond donors (Lipinski definition) is 2. The SMILES string of the molecule is CCNNC(=O)c1cccs1. The molecule has 0 aliphatic rings. The zero-order valence-corrected chi connectivity index (χ0v) is 7.07. The summed E-state index contributed by atoms with van der Waals surface area (Å²) in [5.41, 5.74) is 5.30. The van der Waals surface area contributed by atoms with Crippen molar-refractivity contribution >= 4 is 17.2 Å². The lowest BCUT2D eigenvalue weighted by Gasteiger charge is -2.00. The molecular weight excluding hydrogens is 160 g/mol. The van der Waals surface area contributed by atoms with Gasteiger partial charge in [0.15, 0.2) is 0 Å². The van der Waals surface area contributed by atoms with Crippen LogP contribution in [0, 0.1) is 0 Å². The van der Waals surface area contributed by atoms with Gasteiger partial charge < -0.3 is 0 Å². The Hall–Kier alpha value is -0.870. The smallest absolute Gasteiger partial charge is 0.275 e. The molecule has 11 heavy (non-hydrogen) atoms. The zero-order valence-electron chi connectivity index (χ0n) is 6.26. The molecule has 0 aromatic carbocycles. The van der Waals surface area contributed by atoms with Crippen molar-refractivity contribution in [2.24, 2.45) is 0 Å². The number of hydrogen-bond acceptors (Lipinski definition) is 3. The van der Waals surface area contributed by atoms with Crippen LogP contribution < -0.4 is 10.9 Å². The van der Waals surface area contributed by atoms with Gasteiger partial charge in [0.1, 0.15) is 0 Å². The average molecular weight is 170 g/mol. The molecule has 0 atom stereocenters. The van der Waals surface area contributed by atoms with Crippen molar-refractivity contribution in [2.45, 2.75) is 6.92 Å². The first-order valence-electron chi connectivity index (χ1n) is 3.41. The van der Waals surface area contributed by atoms with Crippen LogP contribution in [0.25, 0.3) is 0 Å². The van der Waals surface area contributed by atoms with Crippen molar-refractivity contribution in [1.29, 1.82) is 0 Å². The van der Waals surface area contributed by atoms with Crippen LogP contribution in [-0.2, 0) is 0 Å². The Kier molecular flexibility index (Phi) is 3.07. The molecule has 1 aromatic rings. The van der Waals surface area contributed by atoms with Gasteiger partial charge in [0, 0.05) is 6.54 Å². The van der Waals surface area contributed by atoms with Crippen LogP contribution >= 0.6 is 11.3 Å². The van der Waals surface area contributed by atoms with E-state index in [9.17, 15) is 4.79 Å². The molecule has 0 unspecified atom stereocenters. The van der Waals surface area contributed by atoms with Crippen LogP contribution in [0.2, 0.25) is 0 Å². The molecule has 0 bridgehead atoms. The number of thiophene rings is 1. The summed E-state index contributed by atoms with van der Waals surface area (Å²) in [5, 5.41) is 1.88. The molecule has 1 rings (SSSR count). The topological polar surface area (TPSA) is 41.1 Å². The van der Waals surface area contributed by atoms with Gasteiger partial charge in [-0.05, 0) is 11.4 Å². The predicted molar refractivity (Wildman–Crippen MR) is 45.5 cm³/mol. The van der Waals surface area contributed by atoms with E-state index in [2.05, 4.69) is 10.9 Å². The van der Waals surface area contributed by atoms with Crippen LogP contribution in [0.3, 0.4) is 0 Å². The van der Waals surface area contributed by atoms with Gasteiger partial charge in [0.25, 0.3) is 5.91 Å². The maximum atomic E-state index is 11.1. The molecule has 0 saturated heterocycles. The molecule has 1 aromatic heterocycles. The lowest BCUT2D eigenvalue weighted by Crippen LogP contribution is -2.36. The zero-order chi connectivity index (χ0) is 8.10. The van der Waals surface area contributed by atoms with Crippen LogP contribution in [-0.4, -0.2) is 12.5 Å². The van der Waals surface area contributed by atoms with Crippen molar-refractivity contribution in [2.75, 3.05) is 6.54 Å². The Bertz CT molecular complexity index is 220. The fourth-order valence-electron chi connectivity index (χ4n) is 0.638. The van der Waals surface area contributed by atoms with Crippen molar-refractivity contribution in [3.63, 3.8) is 0 Å². The lowest BCUT2D eigenvalue weighted by atomic mass is 10.4. The number of rotatable bonds is 3. The summed E-state index contributed by atoms with van der Waals surface area (Å²) in [4.78, 5) is 11.8. The molecular formula is C7H10N2OS. The third-order valence-electron chi connectivity index (χ3n) is 1.12. The fraction of sp³-hybridized carbons (Fsp3) is 0.286. The molecule has 1 amide bonds. The molecule has 60 valence electrons. The van der Waals surface area contributed by atoms with E-state index in [1.165, 1.54) is 11.3 Å². The first-order valence-corrected chi connectivity index (χ1v) is 4.29. The summed E-state index contributed by atoms with van der Waals surface area (Å²) in [6, 6.07) is 3.64. The molecule has 0 saturated carbocycles. The van der Waals surface area contributed by atoms with Gasteiger partial charge in [-0.3, -0.25) is 10.2 Å². The minimum Gasteiger partial charge on any atom is -0.287 e. The van der Waals surface area contributed by atoms with E-state index < -0.39 is 0 Å². The van der Waals surface area contributed by atoms with Gasteiger partial charge in [-0.1, -0.05) is 13.0 Å². The molecule has 2 N–H and O–H groups in total. The second-order valence-corrected chi connectivity index (χ2v) is 2.91. The third kappa shape index (κ3) is 2.32. The van der Waals surface area contributed by atoms with E-state index in [0.717, 1.165) is 11.4 Å². The van der Waals surface area contributed by atoms with Gasteiger partial charge in [-0.25, -0.2) is 5.43 Å². The lowest BCUT2D eigenvalue weighted by molar-refractivity contribution is 0.0938. The largest absolute Gasteiger partial charge is 0.287 e. The highest BCUT2D eigenvalue weighted by molar-refractivity contribution is 7.12. The number of nitrogens with one attached hydrogen (secondary N) is 2. The quantitative estimate of drug-likeness (QED) is 0.664. The summed E-state index contributed by atoms with van der Waals surface area (Å²) in [6.45, 7) is 2.66. The highest BCUT2D eigenvalue weighted by Crippen LogP contribution is 2.06. The second kappa shape index (κ2) is 4.10. The van der Waals surface area contributed by atoms with E-state index in [-0.39, 0.29) is 5.91 Å². The molecule has 4 heteroatoms. The number of carbonyl (C=O) groups is 1. The molecule has 0 aliphatic heterocycles. The highest BCUT2D eigenvalue weighted by atomic mass is 32.1. The first-order chi connectivity index (χ1) is 5.34. The standard InChI is InChI=1S/C7H10N2OS/c1-2-8-9-7(10)6-4-3-5-11-6/h3-5,8H,2H2,1H3,(H,9,10). The Labute approximate surface area is 69.4 Å². The summed E-state index contributed by atoms with van der Waals surface area (Å²) in [7, 11) is 0. The van der Waals surface area contributed by atoms with Crippen molar-refractivity contribution < 1.29 is 4.79 Å². The number of hydrazine groups is 1. The van der Waals surface area contributed by atoms with Gasteiger partial charge in [0.2, 0.25) is 0 Å². The van der Waals surface area contributed by atoms with E-state index in [1.54, 1.807) is 6.07 Å². The summed E-state index contributed by atoms with van der Waals surface area (Å²) in [6.07, 6.45) is 0. The number of amides is 1. The average Bonchev–Trinajstić information content (AvgIpc) is 2.52. The Morgan fingerprint density at radius 1 is 1.73 bits per heavy atom. The normalized spacial score (nSPS) is 9.55. The van der Waals surface area contributed by atoms with Crippen LogP contribution in [0.1, 0.15) is 16.6 Å². The molecule has 0 fully saturated rings. The van der Waals surface area contributed by atoms with Crippen molar-refractivity contribution in [3.05, 3.63) is 22.4 Å². The van der Waals surface area contributed by atoms with Gasteiger partial charge in [-0.15, -0.1) is 11.3 Å².